The fourth-order valence-electron chi connectivity index (χ4n) is 2.52. The van der Waals surface area contributed by atoms with Gasteiger partial charge < -0.3 is 5.11 Å². The zero-order valence-electron chi connectivity index (χ0n) is 14.7. The molecule has 0 unspecified atom stereocenters. The highest BCUT2D eigenvalue weighted by Crippen LogP contribution is 2.21. The van der Waals surface area contributed by atoms with Crippen molar-refractivity contribution in [2.24, 2.45) is 4.99 Å². The van der Waals surface area contributed by atoms with Gasteiger partial charge in [-0.05, 0) is 30.0 Å². The zero-order valence-corrected chi connectivity index (χ0v) is 14.7. The van der Waals surface area contributed by atoms with E-state index in [0.29, 0.717) is 23.7 Å². The normalized spacial score (nSPS) is 11.8. The van der Waals surface area contributed by atoms with E-state index >= 15 is 0 Å². The lowest BCUT2D eigenvalue weighted by Crippen LogP contribution is -2.33. The zero-order chi connectivity index (χ0) is 18.6. The molecule has 6 nitrogen and oxygen atoms in total. The van der Waals surface area contributed by atoms with Crippen molar-refractivity contribution in [2.75, 3.05) is 0 Å². The largest absolute Gasteiger partial charge is 0.494 e. The Labute approximate surface area is 146 Å². The van der Waals surface area contributed by atoms with E-state index in [4.69, 9.17) is 0 Å². The Morgan fingerprint density at radius 2 is 1.96 bits per heavy atom. The number of allylic oxidation sites excluding steroid dienone is 1. The van der Waals surface area contributed by atoms with Gasteiger partial charge in [0.05, 0.1) is 11.4 Å². The summed E-state index contributed by atoms with van der Waals surface area (Å²) in [6.45, 7) is 9.70. The van der Waals surface area contributed by atoms with Crippen LogP contribution in [-0.2, 0) is 6.54 Å². The molecule has 6 heteroatoms. The molecule has 0 aliphatic carbocycles. The summed E-state index contributed by atoms with van der Waals surface area (Å²) in [7, 11) is 0. The lowest BCUT2D eigenvalue weighted by atomic mass is 10.0. The SMILES string of the molecule is C=CCn1c(O)c(C(CC)=Nc2ccc(C(C)C)cc2)c(=O)[nH]c1=O. The first-order valence-corrected chi connectivity index (χ1v) is 8.23. The minimum atomic E-state index is -0.678. The summed E-state index contributed by atoms with van der Waals surface area (Å²) < 4.78 is 1.05. The summed E-state index contributed by atoms with van der Waals surface area (Å²) in [6, 6.07) is 7.71. The predicted molar refractivity (Wildman–Crippen MR) is 100 cm³/mol. The van der Waals surface area contributed by atoms with E-state index in [-0.39, 0.29) is 12.1 Å². The summed E-state index contributed by atoms with van der Waals surface area (Å²) in [5.74, 6) is 0.0195. The van der Waals surface area contributed by atoms with Gasteiger partial charge in [0.15, 0.2) is 0 Å². The van der Waals surface area contributed by atoms with Gasteiger partial charge in [0.1, 0.15) is 5.56 Å². The lowest BCUT2D eigenvalue weighted by molar-refractivity contribution is 0.409. The topological polar surface area (TPSA) is 87.4 Å². The van der Waals surface area contributed by atoms with Gasteiger partial charge in [-0.1, -0.05) is 39.0 Å². The van der Waals surface area contributed by atoms with E-state index in [1.54, 1.807) is 0 Å². The van der Waals surface area contributed by atoms with Crippen LogP contribution in [0.1, 0.15) is 44.2 Å². The first-order chi connectivity index (χ1) is 11.9. The standard InChI is InChI=1S/C19H23N3O3/c1-5-11-22-18(24)16(17(23)21-19(22)25)15(6-2)20-14-9-7-13(8-10-14)12(3)4/h5,7-10,12,24H,1,6,11H2,2-4H3,(H,21,23,25). The number of aromatic amines is 1. The van der Waals surface area contributed by atoms with E-state index in [0.717, 1.165) is 4.57 Å². The van der Waals surface area contributed by atoms with Gasteiger partial charge >= 0.3 is 5.69 Å². The van der Waals surface area contributed by atoms with Crippen molar-refractivity contribution in [3.05, 3.63) is 68.9 Å². The summed E-state index contributed by atoms with van der Waals surface area (Å²) in [4.78, 5) is 30.8. The van der Waals surface area contributed by atoms with Crippen molar-refractivity contribution < 1.29 is 5.11 Å². The summed E-state index contributed by atoms with van der Waals surface area (Å²) in [5, 5.41) is 10.4. The van der Waals surface area contributed by atoms with Crippen LogP contribution in [0.3, 0.4) is 0 Å². The molecule has 0 saturated heterocycles. The number of hydrogen-bond acceptors (Lipinski definition) is 4. The fraction of sp³-hybridized carbons (Fsp3) is 0.316. The number of nitrogens with zero attached hydrogens (tertiary/aromatic N) is 2. The number of rotatable bonds is 6. The first-order valence-electron chi connectivity index (χ1n) is 8.23. The summed E-state index contributed by atoms with van der Waals surface area (Å²) in [5.41, 5.74) is 0.967. The van der Waals surface area contributed by atoms with Gasteiger partial charge in [-0.2, -0.15) is 0 Å². The molecule has 2 aromatic rings. The molecular weight excluding hydrogens is 318 g/mol. The molecule has 0 bridgehead atoms. The molecule has 2 rings (SSSR count). The van der Waals surface area contributed by atoms with Gasteiger partial charge in [-0.25, -0.2) is 4.79 Å². The minimum absolute atomic E-state index is 0.0110. The minimum Gasteiger partial charge on any atom is -0.494 e. The average Bonchev–Trinajstić information content (AvgIpc) is 2.57. The Morgan fingerprint density at radius 3 is 2.48 bits per heavy atom. The fourth-order valence-corrected chi connectivity index (χ4v) is 2.52. The van der Waals surface area contributed by atoms with Gasteiger partial charge in [-0.3, -0.25) is 19.3 Å². The Bertz CT molecular complexity index is 903. The summed E-state index contributed by atoms with van der Waals surface area (Å²) >= 11 is 0. The Hall–Kier alpha value is -2.89. The molecule has 1 aromatic carbocycles. The third-order valence-electron chi connectivity index (χ3n) is 3.93. The maximum atomic E-state index is 12.2. The number of hydrogen-bond donors (Lipinski definition) is 2. The van der Waals surface area contributed by atoms with Crippen LogP contribution in [-0.4, -0.2) is 20.4 Å². The third-order valence-corrected chi connectivity index (χ3v) is 3.93. The smallest absolute Gasteiger partial charge is 0.331 e. The monoisotopic (exact) mass is 341 g/mol. The molecule has 0 spiro atoms. The molecule has 0 saturated carbocycles. The van der Waals surface area contributed by atoms with E-state index in [2.05, 4.69) is 30.4 Å². The molecule has 1 heterocycles. The van der Waals surface area contributed by atoms with Crippen LogP contribution in [0.25, 0.3) is 0 Å². The van der Waals surface area contributed by atoms with Crippen molar-refractivity contribution in [2.45, 2.75) is 39.7 Å². The Kier molecular flexibility index (Phi) is 5.75. The Balaban J connectivity index is 2.57. The number of nitrogens with one attached hydrogen (secondary N) is 1. The van der Waals surface area contributed by atoms with Crippen molar-refractivity contribution in [3.8, 4) is 5.88 Å². The highest BCUT2D eigenvalue weighted by atomic mass is 16.3. The second-order valence-corrected chi connectivity index (χ2v) is 6.02. The van der Waals surface area contributed by atoms with E-state index in [1.807, 2.05) is 31.2 Å². The van der Waals surface area contributed by atoms with Crippen molar-refractivity contribution in [3.63, 3.8) is 0 Å². The van der Waals surface area contributed by atoms with E-state index in [9.17, 15) is 14.7 Å². The van der Waals surface area contributed by atoms with Crippen LogP contribution >= 0.6 is 0 Å². The number of H-pyrrole nitrogens is 1. The maximum Gasteiger partial charge on any atom is 0.331 e. The highest BCUT2D eigenvalue weighted by molar-refractivity contribution is 6.03. The molecule has 0 fully saturated rings. The molecule has 132 valence electrons. The molecule has 0 aliphatic rings. The molecule has 0 radical (unpaired) electrons. The predicted octanol–water partition coefficient (Wildman–Crippen LogP) is 3.08. The molecule has 25 heavy (non-hydrogen) atoms. The van der Waals surface area contributed by atoms with Crippen LogP contribution in [0.4, 0.5) is 5.69 Å². The van der Waals surface area contributed by atoms with E-state index < -0.39 is 17.1 Å². The quantitative estimate of drug-likeness (QED) is 0.625. The lowest BCUT2D eigenvalue weighted by Gasteiger charge is -2.11. The summed E-state index contributed by atoms with van der Waals surface area (Å²) in [6.07, 6.45) is 1.89. The molecule has 0 amide bonds. The number of benzene rings is 1. The highest BCUT2D eigenvalue weighted by Gasteiger charge is 2.18. The molecular formula is C19H23N3O3. The van der Waals surface area contributed by atoms with Crippen molar-refractivity contribution in [1.82, 2.24) is 9.55 Å². The molecule has 0 atom stereocenters. The van der Waals surface area contributed by atoms with Crippen molar-refractivity contribution >= 4 is 11.4 Å². The number of aromatic nitrogens is 2. The average molecular weight is 341 g/mol. The Morgan fingerprint density at radius 1 is 1.32 bits per heavy atom. The number of aromatic hydroxyl groups is 1. The second kappa shape index (κ2) is 7.79. The van der Waals surface area contributed by atoms with Crippen LogP contribution in [0.15, 0.2) is 51.5 Å². The van der Waals surface area contributed by atoms with Gasteiger partial charge in [0, 0.05) is 6.54 Å². The molecule has 1 aromatic heterocycles. The number of aliphatic imine (C=N–C) groups is 1. The van der Waals surface area contributed by atoms with Crippen LogP contribution in [0.5, 0.6) is 5.88 Å². The van der Waals surface area contributed by atoms with Crippen molar-refractivity contribution in [1.29, 1.82) is 0 Å². The second-order valence-electron chi connectivity index (χ2n) is 6.02. The van der Waals surface area contributed by atoms with Crippen LogP contribution in [0.2, 0.25) is 0 Å². The molecule has 2 N–H and O–H groups in total. The van der Waals surface area contributed by atoms with Crippen LogP contribution in [0, 0.1) is 0 Å². The third kappa shape index (κ3) is 3.96. The molecule has 0 aliphatic heterocycles. The van der Waals surface area contributed by atoms with Gasteiger partial charge in [0.2, 0.25) is 5.88 Å². The van der Waals surface area contributed by atoms with E-state index in [1.165, 1.54) is 11.6 Å². The maximum absolute atomic E-state index is 12.2. The first kappa shape index (κ1) is 18.4. The van der Waals surface area contributed by atoms with Crippen LogP contribution < -0.4 is 11.2 Å². The van der Waals surface area contributed by atoms with Gasteiger partial charge in [0.25, 0.3) is 5.56 Å². The van der Waals surface area contributed by atoms with Gasteiger partial charge in [-0.15, -0.1) is 6.58 Å².